The molecule has 4 N–H and O–H groups in total. The normalized spacial score (nSPS) is 42.7. The highest BCUT2D eigenvalue weighted by atomic mass is 16.5. The lowest BCUT2D eigenvalue weighted by molar-refractivity contribution is -0.188. The third-order valence-electron chi connectivity index (χ3n) is 25.0. The molecule has 6 unspecified atom stereocenters. The molecule has 390 valence electrons. The molecule has 0 bridgehead atoms. The van der Waals surface area contributed by atoms with E-state index in [9.17, 15) is 0 Å². The van der Waals surface area contributed by atoms with Crippen molar-refractivity contribution in [2.24, 2.45) is 105 Å². The van der Waals surface area contributed by atoms with Gasteiger partial charge < -0.3 is 20.9 Å². The van der Waals surface area contributed by atoms with Crippen LogP contribution in [0.5, 0.6) is 11.5 Å². The van der Waals surface area contributed by atoms with Crippen molar-refractivity contribution in [3.63, 3.8) is 0 Å². The standard InChI is InChI=1S/C66H104N2O2/c1-43(14-11-16-45(3)54-33-35-56-52-32-23-47-18-9-10-39-63(47,5)58(52)37-40-64(54,56)6)21-22-44(2)15-12-17-46(4)55-34-36-57-53-42-61(69-50-28-24-48(67)25-29-50)60-19-13-20-62(70-51-30-26-49(68)27-31-51)66(60,8)59(53)38-41-65(55,57)7/h24-31,43-47,52-62H,9-23,32-42,67-68H2,1-8H3/t43?,44?,45-,46-,47?,52+,53+,54-,55-,56+,57+,58+,59+,60?,61?,62?,63+,64-,65-,66-/m1/s1. The van der Waals surface area contributed by atoms with Crippen LogP contribution in [0.15, 0.2) is 48.5 Å². The van der Waals surface area contributed by atoms with Crippen LogP contribution in [-0.4, -0.2) is 12.2 Å². The van der Waals surface area contributed by atoms with Gasteiger partial charge in [-0.15, -0.1) is 0 Å². The Balaban J connectivity index is 0.692. The zero-order chi connectivity index (χ0) is 49.0. The highest BCUT2D eigenvalue weighted by Crippen LogP contribution is 2.70. The first-order valence-electron chi connectivity index (χ1n) is 30.7. The lowest BCUT2D eigenvalue weighted by Gasteiger charge is -2.64. The average Bonchev–Trinajstić information content (AvgIpc) is 3.89. The molecule has 70 heavy (non-hydrogen) atoms. The van der Waals surface area contributed by atoms with Gasteiger partial charge in [-0.2, -0.15) is 0 Å². The van der Waals surface area contributed by atoms with Crippen molar-refractivity contribution < 1.29 is 9.47 Å². The molecule has 8 fully saturated rings. The van der Waals surface area contributed by atoms with Crippen molar-refractivity contribution >= 4 is 11.4 Å². The Hall–Kier alpha value is -2.36. The quantitative estimate of drug-likeness (QED) is 0.155. The number of hydrogen-bond donors (Lipinski definition) is 2. The molecule has 2 aromatic carbocycles. The van der Waals surface area contributed by atoms with Crippen LogP contribution in [0.4, 0.5) is 11.4 Å². The Labute approximate surface area is 429 Å². The maximum absolute atomic E-state index is 7.14. The fraction of sp³-hybridized carbons (Fsp3) is 0.818. The molecule has 0 heterocycles. The predicted octanol–water partition coefficient (Wildman–Crippen LogP) is 18.0. The van der Waals surface area contributed by atoms with Gasteiger partial charge in [-0.05, 0) is 244 Å². The minimum Gasteiger partial charge on any atom is -0.490 e. The molecule has 4 heteroatoms. The van der Waals surface area contributed by atoms with Gasteiger partial charge in [0.05, 0.1) is 0 Å². The van der Waals surface area contributed by atoms with Crippen LogP contribution in [-0.2, 0) is 0 Å². The summed E-state index contributed by atoms with van der Waals surface area (Å²) in [5.41, 5.74) is 15.6. The summed E-state index contributed by atoms with van der Waals surface area (Å²) in [5, 5.41) is 0. The summed E-state index contributed by atoms with van der Waals surface area (Å²) < 4.78 is 14.2. The lowest BCUT2D eigenvalue weighted by Crippen LogP contribution is -2.63. The average molecular weight is 958 g/mol. The third kappa shape index (κ3) is 9.53. The Bertz CT molecular complexity index is 2020. The van der Waals surface area contributed by atoms with Crippen LogP contribution in [0.2, 0.25) is 0 Å². The molecule has 20 atom stereocenters. The van der Waals surface area contributed by atoms with Crippen molar-refractivity contribution in [3.8, 4) is 11.5 Å². The van der Waals surface area contributed by atoms with Crippen molar-refractivity contribution in [2.75, 3.05) is 11.5 Å². The number of hydrogen-bond acceptors (Lipinski definition) is 4. The van der Waals surface area contributed by atoms with Crippen LogP contribution in [0, 0.1) is 105 Å². The fourth-order valence-electron chi connectivity index (χ4n) is 21.1. The minimum atomic E-state index is 0.0572. The Morgan fingerprint density at radius 3 is 1.61 bits per heavy atom. The van der Waals surface area contributed by atoms with Crippen LogP contribution in [0.1, 0.15) is 222 Å². The molecule has 8 aliphatic rings. The van der Waals surface area contributed by atoms with E-state index in [1.807, 2.05) is 24.3 Å². The number of anilines is 2. The van der Waals surface area contributed by atoms with Crippen molar-refractivity contribution in [1.82, 2.24) is 0 Å². The topological polar surface area (TPSA) is 70.5 Å². The first kappa shape index (κ1) is 51.1. The van der Waals surface area contributed by atoms with Gasteiger partial charge in [0, 0.05) is 22.7 Å². The zero-order valence-electron chi connectivity index (χ0n) is 46.2. The SMILES string of the molecule is CC(CCC[C@@H](C)[C@H]1CC[C@H]2[C@@H]3CC(Oc4ccc(N)cc4)C4CCCC(Oc5ccc(N)cc5)[C@]4(C)[C@H]3CC[C@]12C)CCC(C)CCC[C@@H](C)[C@H]1CC[C@H]2[C@@H]3CCC4CCCC[C@]4(C)[C@H]3CC[C@]12C. The van der Waals surface area contributed by atoms with Gasteiger partial charge in [0.15, 0.2) is 0 Å². The number of ether oxygens (including phenoxy) is 2. The molecular formula is C66H104N2O2. The van der Waals surface area contributed by atoms with E-state index in [0.29, 0.717) is 34.0 Å². The van der Waals surface area contributed by atoms with E-state index in [4.69, 9.17) is 20.9 Å². The molecule has 2 aromatic rings. The van der Waals surface area contributed by atoms with E-state index >= 15 is 0 Å². The summed E-state index contributed by atoms with van der Waals surface area (Å²) in [6.07, 6.45) is 37.4. The van der Waals surface area contributed by atoms with Gasteiger partial charge in [-0.25, -0.2) is 0 Å². The van der Waals surface area contributed by atoms with Gasteiger partial charge in [0.1, 0.15) is 23.7 Å². The van der Waals surface area contributed by atoms with Gasteiger partial charge in [-0.1, -0.05) is 120 Å². The highest BCUT2D eigenvalue weighted by molar-refractivity contribution is 5.42. The second-order valence-corrected chi connectivity index (χ2v) is 28.4. The Morgan fingerprint density at radius 2 is 1.01 bits per heavy atom. The number of rotatable bonds is 17. The molecular weight excluding hydrogens is 853 g/mol. The second-order valence-electron chi connectivity index (χ2n) is 28.4. The first-order valence-corrected chi connectivity index (χ1v) is 30.7. The van der Waals surface area contributed by atoms with Gasteiger partial charge in [0.25, 0.3) is 0 Å². The molecule has 0 aromatic heterocycles. The Morgan fingerprint density at radius 1 is 0.471 bits per heavy atom. The van der Waals surface area contributed by atoms with Crippen LogP contribution >= 0.6 is 0 Å². The summed E-state index contributed by atoms with van der Waals surface area (Å²) in [7, 11) is 0. The number of benzene rings is 2. The highest BCUT2D eigenvalue weighted by Gasteiger charge is 2.66. The predicted molar refractivity (Wildman–Crippen MR) is 295 cm³/mol. The third-order valence-corrected chi connectivity index (χ3v) is 25.0. The molecule has 0 saturated heterocycles. The van der Waals surface area contributed by atoms with E-state index in [0.717, 1.165) is 94.4 Å². The lowest BCUT2D eigenvalue weighted by atomic mass is 9.43. The number of nitrogen functional groups attached to an aromatic ring is 2. The molecule has 0 radical (unpaired) electrons. The number of nitrogens with two attached hydrogens (primary N) is 2. The number of fused-ring (bicyclic) bond motifs is 10. The summed E-state index contributed by atoms with van der Waals surface area (Å²) in [4.78, 5) is 0. The van der Waals surface area contributed by atoms with Gasteiger partial charge in [-0.3, -0.25) is 0 Å². The first-order chi connectivity index (χ1) is 33.6. The van der Waals surface area contributed by atoms with E-state index in [1.165, 1.54) is 135 Å². The van der Waals surface area contributed by atoms with Crippen LogP contribution in [0.3, 0.4) is 0 Å². The van der Waals surface area contributed by atoms with E-state index in [1.54, 1.807) is 25.7 Å². The molecule has 0 amide bonds. The largest absolute Gasteiger partial charge is 0.490 e. The van der Waals surface area contributed by atoms with Crippen LogP contribution < -0.4 is 20.9 Å². The van der Waals surface area contributed by atoms with E-state index < -0.39 is 0 Å². The smallest absolute Gasteiger partial charge is 0.119 e. The minimum absolute atomic E-state index is 0.0572. The zero-order valence-corrected chi connectivity index (χ0v) is 46.2. The molecule has 10 rings (SSSR count). The van der Waals surface area contributed by atoms with Gasteiger partial charge >= 0.3 is 0 Å². The van der Waals surface area contributed by atoms with E-state index in [-0.39, 0.29) is 17.6 Å². The van der Waals surface area contributed by atoms with Gasteiger partial charge in [0.2, 0.25) is 0 Å². The molecule has 0 aliphatic heterocycles. The van der Waals surface area contributed by atoms with E-state index in [2.05, 4.69) is 79.7 Å². The molecule has 4 nitrogen and oxygen atoms in total. The van der Waals surface area contributed by atoms with Crippen molar-refractivity contribution in [1.29, 1.82) is 0 Å². The summed E-state index contributed by atoms with van der Waals surface area (Å²) in [6, 6.07) is 16.4. The fourth-order valence-corrected chi connectivity index (χ4v) is 21.1. The summed E-state index contributed by atoms with van der Waals surface area (Å²) in [5.74, 6) is 13.9. The summed E-state index contributed by atoms with van der Waals surface area (Å²) >= 11 is 0. The molecule has 8 saturated carbocycles. The second kappa shape index (κ2) is 20.7. The molecule has 0 spiro atoms. The van der Waals surface area contributed by atoms with Crippen LogP contribution in [0.25, 0.3) is 0 Å². The van der Waals surface area contributed by atoms with Crippen molar-refractivity contribution in [3.05, 3.63) is 48.5 Å². The maximum atomic E-state index is 7.14. The Kier molecular flexibility index (Phi) is 15.2. The van der Waals surface area contributed by atoms with Crippen molar-refractivity contribution in [2.45, 2.75) is 235 Å². The monoisotopic (exact) mass is 957 g/mol. The maximum Gasteiger partial charge on any atom is 0.119 e. The molecule has 8 aliphatic carbocycles. The summed E-state index contributed by atoms with van der Waals surface area (Å²) in [6.45, 7) is 21.4.